The third-order valence-electron chi connectivity index (χ3n) is 3.23. The normalized spacial score (nSPS) is 12.1. The van der Waals surface area contributed by atoms with Crippen molar-refractivity contribution >= 4 is 23.6 Å². The minimum absolute atomic E-state index is 0.110. The highest BCUT2D eigenvalue weighted by molar-refractivity contribution is 6.30. The zero-order valence-electron chi connectivity index (χ0n) is 12.5. The van der Waals surface area contributed by atoms with Crippen LogP contribution in [0, 0.1) is 0 Å². The van der Waals surface area contributed by atoms with E-state index < -0.39 is 0 Å². The molecule has 1 amide bonds. The summed E-state index contributed by atoms with van der Waals surface area (Å²) in [5.41, 5.74) is 1.88. The molecule has 0 aliphatic carbocycles. The van der Waals surface area contributed by atoms with Crippen molar-refractivity contribution < 1.29 is 9.53 Å². The van der Waals surface area contributed by atoms with E-state index in [4.69, 9.17) is 16.3 Å². The predicted octanol–water partition coefficient (Wildman–Crippen LogP) is 4.24. The van der Waals surface area contributed by atoms with E-state index in [1.165, 1.54) is 6.08 Å². The zero-order chi connectivity index (χ0) is 15.9. The van der Waals surface area contributed by atoms with Crippen molar-refractivity contribution in [2.75, 3.05) is 7.11 Å². The summed E-state index contributed by atoms with van der Waals surface area (Å²) < 4.78 is 5.15. The van der Waals surface area contributed by atoms with Crippen LogP contribution in [-0.2, 0) is 4.79 Å². The Kier molecular flexibility index (Phi) is 5.61. The fraction of sp³-hybridized carbons (Fsp3) is 0.167. The van der Waals surface area contributed by atoms with Gasteiger partial charge in [-0.25, -0.2) is 0 Å². The van der Waals surface area contributed by atoms with Gasteiger partial charge in [0.05, 0.1) is 13.2 Å². The number of amides is 1. The summed E-state index contributed by atoms with van der Waals surface area (Å²) in [5.74, 6) is 0.602. The first-order chi connectivity index (χ1) is 10.6. The van der Waals surface area contributed by atoms with Gasteiger partial charge in [-0.1, -0.05) is 35.9 Å². The topological polar surface area (TPSA) is 38.3 Å². The first-order valence-electron chi connectivity index (χ1n) is 6.96. The molecule has 4 heteroatoms. The van der Waals surface area contributed by atoms with Crippen LogP contribution in [0.15, 0.2) is 54.6 Å². The number of hydrogen-bond donors (Lipinski definition) is 1. The molecule has 0 saturated heterocycles. The molecule has 0 bridgehead atoms. The van der Waals surface area contributed by atoms with E-state index in [1.54, 1.807) is 13.2 Å². The molecule has 1 atom stereocenters. The SMILES string of the molecule is COc1cccc(/C=C/C(=O)N[C@@H](C)c2cccc(Cl)c2)c1. The summed E-state index contributed by atoms with van der Waals surface area (Å²) in [6.07, 6.45) is 3.26. The van der Waals surface area contributed by atoms with Gasteiger partial charge in [-0.3, -0.25) is 4.79 Å². The highest BCUT2D eigenvalue weighted by Gasteiger charge is 2.07. The van der Waals surface area contributed by atoms with E-state index >= 15 is 0 Å². The Morgan fingerprint density at radius 2 is 2.00 bits per heavy atom. The van der Waals surface area contributed by atoms with Gasteiger partial charge in [0.1, 0.15) is 5.75 Å². The Labute approximate surface area is 135 Å². The lowest BCUT2D eigenvalue weighted by Crippen LogP contribution is -2.24. The van der Waals surface area contributed by atoms with E-state index in [1.807, 2.05) is 55.5 Å². The lowest BCUT2D eigenvalue weighted by Gasteiger charge is -2.13. The second-order valence-corrected chi connectivity index (χ2v) is 5.33. The van der Waals surface area contributed by atoms with Crippen LogP contribution in [0.1, 0.15) is 24.1 Å². The largest absolute Gasteiger partial charge is 0.497 e. The molecular weight excluding hydrogens is 298 g/mol. The van der Waals surface area contributed by atoms with Crippen LogP contribution in [0.4, 0.5) is 0 Å². The number of ether oxygens (including phenoxy) is 1. The molecule has 3 nitrogen and oxygen atoms in total. The van der Waals surface area contributed by atoms with Crippen LogP contribution < -0.4 is 10.1 Å². The summed E-state index contributed by atoms with van der Waals surface area (Å²) >= 11 is 5.96. The molecule has 0 aromatic heterocycles. The summed E-state index contributed by atoms with van der Waals surface area (Å²) in [5, 5.41) is 3.56. The van der Waals surface area contributed by atoms with Gasteiger partial charge in [-0.15, -0.1) is 0 Å². The number of carbonyl (C=O) groups excluding carboxylic acids is 1. The quantitative estimate of drug-likeness (QED) is 0.838. The first kappa shape index (κ1) is 16.1. The van der Waals surface area contributed by atoms with Gasteiger partial charge in [-0.2, -0.15) is 0 Å². The molecule has 2 aromatic carbocycles. The maximum absolute atomic E-state index is 12.0. The minimum atomic E-state index is -0.157. The number of carbonyl (C=O) groups is 1. The Morgan fingerprint density at radius 1 is 1.23 bits per heavy atom. The molecule has 0 radical (unpaired) electrons. The van der Waals surface area contributed by atoms with Gasteiger partial charge in [-0.05, 0) is 48.4 Å². The third-order valence-corrected chi connectivity index (χ3v) is 3.46. The lowest BCUT2D eigenvalue weighted by atomic mass is 10.1. The monoisotopic (exact) mass is 315 g/mol. The Hall–Kier alpha value is -2.26. The van der Waals surface area contributed by atoms with Gasteiger partial charge >= 0.3 is 0 Å². The van der Waals surface area contributed by atoms with Crippen LogP contribution in [0.3, 0.4) is 0 Å². The Morgan fingerprint density at radius 3 is 2.73 bits per heavy atom. The van der Waals surface area contributed by atoms with Crippen LogP contribution in [-0.4, -0.2) is 13.0 Å². The van der Waals surface area contributed by atoms with Crippen molar-refractivity contribution in [3.8, 4) is 5.75 Å². The maximum Gasteiger partial charge on any atom is 0.244 e. The van der Waals surface area contributed by atoms with E-state index in [2.05, 4.69) is 5.32 Å². The average molecular weight is 316 g/mol. The standard InChI is InChI=1S/C18H18ClNO2/c1-13(15-6-4-7-16(19)12-15)20-18(21)10-9-14-5-3-8-17(11-14)22-2/h3-13H,1-2H3,(H,20,21)/b10-9+/t13-/m0/s1. The van der Waals surface area contributed by atoms with Gasteiger partial charge < -0.3 is 10.1 Å². The number of benzene rings is 2. The molecule has 0 unspecified atom stereocenters. The molecule has 0 fully saturated rings. The summed E-state index contributed by atoms with van der Waals surface area (Å²) in [7, 11) is 1.61. The van der Waals surface area contributed by atoms with Crippen molar-refractivity contribution in [2.24, 2.45) is 0 Å². The number of halogens is 1. The highest BCUT2D eigenvalue weighted by Crippen LogP contribution is 2.17. The molecule has 0 spiro atoms. The molecule has 114 valence electrons. The van der Waals surface area contributed by atoms with Crippen LogP contribution in [0.25, 0.3) is 6.08 Å². The van der Waals surface area contributed by atoms with E-state index in [9.17, 15) is 4.79 Å². The molecule has 0 saturated carbocycles. The molecule has 0 aliphatic rings. The number of nitrogens with one attached hydrogen (secondary N) is 1. The van der Waals surface area contributed by atoms with Gasteiger partial charge in [0.25, 0.3) is 0 Å². The second-order valence-electron chi connectivity index (χ2n) is 4.90. The number of rotatable bonds is 5. The highest BCUT2D eigenvalue weighted by atomic mass is 35.5. The Bertz CT molecular complexity index is 682. The molecule has 0 aliphatic heterocycles. The predicted molar refractivity (Wildman–Crippen MR) is 90.0 cm³/mol. The van der Waals surface area contributed by atoms with Crippen molar-refractivity contribution in [3.05, 3.63) is 70.8 Å². The summed E-state index contributed by atoms with van der Waals surface area (Å²) in [6, 6.07) is 14.9. The third kappa shape index (κ3) is 4.64. The van der Waals surface area contributed by atoms with Crippen LogP contribution >= 0.6 is 11.6 Å². The van der Waals surface area contributed by atoms with Gasteiger partial charge in [0, 0.05) is 11.1 Å². The molecule has 22 heavy (non-hydrogen) atoms. The molecule has 1 N–H and O–H groups in total. The fourth-order valence-corrected chi connectivity index (χ4v) is 2.24. The molecular formula is C18H18ClNO2. The van der Waals surface area contributed by atoms with Crippen molar-refractivity contribution in [3.63, 3.8) is 0 Å². The maximum atomic E-state index is 12.0. The molecule has 2 rings (SSSR count). The number of hydrogen-bond acceptors (Lipinski definition) is 2. The van der Waals surface area contributed by atoms with Crippen molar-refractivity contribution in [1.82, 2.24) is 5.32 Å². The molecule has 2 aromatic rings. The van der Waals surface area contributed by atoms with Crippen molar-refractivity contribution in [2.45, 2.75) is 13.0 Å². The smallest absolute Gasteiger partial charge is 0.244 e. The second kappa shape index (κ2) is 7.66. The van der Waals surface area contributed by atoms with Gasteiger partial charge in [0.2, 0.25) is 5.91 Å². The van der Waals surface area contributed by atoms with Gasteiger partial charge in [0.15, 0.2) is 0 Å². The molecule has 0 heterocycles. The zero-order valence-corrected chi connectivity index (χ0v) is 13.3. The van der Waals surface area contributed by atoms with Crippen molar-refractivity contribution in [1.29, 1.82) is 0 Å². The van der Waals surface area contributed by atoms with E-state index in [0.717, 1.165) is 16.9 Å². The fourth-order valence-electron chi connectivity index (χ4n) is 2.04. The minimum Gasteiger partial charge on any atom is -0.497 e. The van der Waals surface area contributed by atoms with Crippen LogP contribution in [0.5, 0.6) is 5.75 Å². The van der Waals surface area contributed by atoms with E-state index in [0.29, 0.717) is 5.02 Å². The Balaban J connectivity index is 1.98. The average Bonchev–Trinajstić information content (AvgIpc) is 2.53. The first-order valence-corrected chi connectivity index (χ1v) is 7.34. The number of methoxy groups -OCH3 is 1. The lowest BCUT2D eigenvalue weighted by molar-refractivity contribution is -0.117. The van der Waals surface area contributed by atoms with Crippen LogP contribution in [0.2, 0.25) is 5.02 Å². The summed E-state index contributed by atoms with van der Waals surface area (Å²) in [4.78, 5) is 12.0. The summed E-state index contributed by atoms with van der Waals surface area (Å²) in [6.45, 7) is 1.92. The van der Waals surface area contributed by atoms with E-state index in [-0.39, 0.29) is 11.9 Å².